The van der Waals surface area contributed by atoms with E-state index in [2.05, 4.69) is 4.74 Å². The number of rotatable bonds is 3. The van der Waals surface area contributed by atoms with Crippen LogP contribution in [0.2, 0.25) is 0 Å². The highest BCUT2D eigenvalue weighted by Gasteiger charge is 2.36. The van der Waals surface area contributed by atoms with Crippen molar-refractivity contribution >= 4 is 11.7 Å². The van der Waals surface area contributed by atoms with Crippen molar-refractivity contribution in [3.8, 4) is 11.1 Å². The Hall–Kier alpha value is -2.90. The number of alkyl halides is 3. The first kappa shape index (κ1) is 16.5. The molecule has 0 N–H and O–H groups in total. The number of nitro groups is 1. The molecule has 0 saturated heterocycles. The lowest BCUT2D eigenvalue weighted by Crippen LogP contribution is -2.10. The number of carbonyl (C=O) groups excluding carboxylic acids is 1. The number of nitrogens with zero attached hydrogens (tertiary/aromatic N) is 1. The van der Waals surface area contributed by atoms with E-state index < -0.39 is 33.9 Å². The van der Waals surface area contributed by atoms with Gasteiger partial charge in [0.25, 0.3) is 5.69 Å². The first-order valence-corrected chi connectivity index (χ1v) is 6.29. The predicted molar refractivity (Wildman–Crippen MR) is 74.9 cm³/mol. The van der Waals surface area contributed by atoms with E-state index in [0.717, 1.165) is 31.4 Å². The van der Waals surface area contributed by atoms with Crippen molar-refractivity contribution < 1.29 is 27.6 Å². The molecular weight excluding hydrogens is 315 g/mol. The maximum atomic E-state index is 13.1. The van der Waals surface area contributed by atoms with Gasteiger partial charge in [-0.05, 0) is 18.2 Å². The van der Waals surface area contributed by atoms with Gasteiger partial charge in [-0.2, -0.15) is 13.2 Å². The molecule has 0 amide bonds. The summed E-state index contributed by atoms with van der Waals surface area (Å²) in [5, 5.41) is 11.3. The van der Waals surface area contributed by atoms with Gasteiger partial charge in [0.2, 0.25) is 0 Å². The van der Waals surface area contributed by atoms with Gasteiger partial charge in [0.05, 0.1) is 23.2 Å². The summed E-state index contributed by atoms with van der Waals surface area (Å²) in [6.07, 6.45) is -4.69. The number of hydrogen-bond donors (Lipinski definition) is 0. The molecule has 0 aromatic heterocycles. The zero-order valence-electron chi connectivity index (χ0n) is 11.8. The molecule has 0 aliphatic carbocycles. The van der Waals surface area contributed by atoms with Crippen LogP contribution in [0, 0.1) is 10.1 Å². The third kappa shape index (κ3) is 3.15. The van der Waals surface area contributed by atoms with Gasteiger partial charge in [0, 0.05) is 5.56 Å². The number of benzene rings is 2. The average molecular weight is 325 g/mol. The fourth-order valence-electron chi connectivity index (χ4n) is 2.20. The molecule has 120 valence electrons. The number of nitro benzene ring substituents is 1. The summed E-state index contributed by atoms with van der Waals surface area (Å²) in [7, 11) is 1.03. The van der Waals surface area contributed by atoms with Crippen molar-refractivity contribution in [2.24, 2.45) is 0 Å². The zero-order valence-corrected chi connectivity index (χ0v) is 11.8. The molecule has 0 bridgehead atoms. The summed E-state index contributed by atoms with van der Waals surface area (Å²) in [6, 6.07) is 8.01. The molecule has 0 atom stereocenters. The van der Waals surface area contributed by atoms with Gasteiger partial charge < -0.3 is 4.74 Å². The van der Waals surface area contributed by atoms with Crippen LogP contribution in [0.1, 0.15) is 15.9 Å². The molecule has 0 spiro atoms. The van der Waals surface area contributed by atoms with Gasteiger partial charge in [-0.25, -0.2) is 4.79 Å². The summed E-state index contributed by atoms with van der Waals surface area (Å²) in [5.41, 5.74) is -2.84. The number of hydrogen-bond acceptors (Lipinski definition) is 4. The Balaban J connectivity index is 2.81. The van der Waals surface area contributed by atoms with E-state index in [1.807, 2.05) is 0 Å². The molecule has 8 heteroatoms. The van der Waals surface area contributed by atoms with Gasteiger partial charge >= 0.3 is 12.1 Å². The minimum atomic E-state index is -4.69. The fraction of sp³-hybridized carbons (Fsp3) is 0.133. The van der Waals surface area contributed by atoms with Crippen LogP contribution in [0.3, 0.4) is 0 Å². The van der Waals surface area contributed by atoms with Crippen LogP contribution in [0.5, 0.6) is 0 Å². The van der Waals surface area contributed by atoms with Gasteiger partial charge in [-0.15, -0.1) is 0 Å². The Morgan fingerprint density at radius 2 is 1.70 bits per heavy atom. The average Bonchev–Trinajstić information content (AvgIpc) is 2.52. The van der Waals surface area contributed by atoms with Crippen LogP contribution in [-0.4, -0.2) is 18.0 Å². The van der Waals surface area contributed by atoms with Crippen molar-refractivity contribution in [3.63, 3.8) is 0 Å². The Bertz CT molecular complexity index is 772. The lowest BCUT2D eigenvalue weighted by molar-refractivity contribution is -0.384. The van der Waals surface area contributed by atoms with Gasteiger partial charge in [-0.3, -0.25) is 10.1 Å². The number of carbonyl (C=O) groups is 1. The summed E-state index contributed by atoms with van der Waals surface area (Å²) in [6.45, 7) is 0. The molecule has 0 saturated carbocycles. The second kappa shape index (κ2) is 6.07. The number of ether oxygens (including phenoxy) is 1. The summed E-state index contributed by atoms with van der Waals surface area (Å²) in [4.78, 5) is 22.1. The molecular formula is C15H10F3NO4. The highest BCUT2D eigenvalue weighted by atomic mass is 19.4. The number of esters is 1. The Morgan fingerprint density at radius 3 is 2.26 bits per heavy atom. The van der Waals surface area contributed by atoms with Crippen LogP contribution in [0.25, 0.3) is 11.1 Å². The van der Waals surface area contributed by atoms with Gasteiger partial charge in [-0.1, -0.05) is 24.3 Å². The Labute approximate surface area is 128 Å². The Kier molecular flexibility index (Phi) is 4.35. The van der Waals surface area contributed by atoms with Crippen molar-refractivity contribution in [3.05, 3.63) is 63.7 Å². The smallest absolute Gasteiger partial charge is 0.417 e. The molecule has 2 rings (SSSR count). The predicted octanol–water partition coefficient (Wildman–Crippen LogP) is 4.07. The number of methoxy groups -OCH3 is 1. The molecule has 0 aliphatic heterocycles. The van der Waals surface area contributed by atoms with Crippen LogP contribution in [0.15, 0.2) is 42.5 Å². The molecule has 2 aromatic rings. The first-order chi connectivity index (χ1) is 10.8. The van der Waals surface area contributed by atoms with E-state index in [1.165, 1.54) is 18.2 Å². The fourth-order valence-corrected chi connectivity index (χ4v) is 2.20. The molecule has 5 nitrogen and oxygen atoms in total. The lowest BCUT2D eigenvalue weighted by Gasteiger charge is -2.13. The number of para-hydroxylation sites is 1. The normalized spacial score (nSPS) is 11.1. The van der Waals surface area contributed by atoms with Crippen LogP contribution < -0.4 is 0 Å². The lowest BCUT2D eigenvalue weighted by atomic mass is 9.95. The molecule has 2 aromatic carbocycles. The van der Waals surface area contributed by atoms with E-state index in [9.17, 15) is 28.1 Å². The number of halogens is 3. The van der Waals surface area contributed by atoms with Gasteiger partial charge in [0.15, 0.2) is 0 Å². The van der Waals surface area contributed by atoms with Crippen molar-refractivity contribution in [2.45, 2.75) is 6.18 Å². The summed E-state index contributed by atoms with van der Waals surface area (Å²) < 4.78 is 43.8. The van der Waals surface area contributed by atoms with Crippen LogP contribution >= 0.6 is 0 Å². The van der Waals surface area contributed by atoms with E-state index in [4.69, 9.17) is 0 Å². The second-order valence-corrected chi connectivity index (χ2v) is 4.49. The topological polar surface area (TPSA) is 69.4 Å². The summed E-state index contributed by atoms with van der Waals surface area (Å²) in [5.74, 6) is -0.997. The molecule has 0 heterocycles. The maximum Gasteiger partial charge on any atom is 0.417 e. The largest absolute Gasteiger partial charge is 0.465 e. The van der Waals surface area contributed by atoms with E-state index in [1.54, 1.807) is 0 Å². The minimum absolute atomic E-state index is 0.300. The first-order valence-electron chi connectivity index (χ1n) is 6.29. The van der Waals surface area contributed by atoms with Crippen LogP contribution in [0.4, 0.5) is 18.9 Å². The third-order valence-electron chi connectivity index (χ3n) is 3.15. The third-order valence-corrected chi connectivity index (χ3v) is 3.15. The van der Waals surface area contributed by atoms with Crippen LogP contribution in [-0.2, 0) is 10.9 Å². The Morgan fingerprint density at radius 1 is 1.09 bits per heavy atom. The van der Waals surface area contributed by atoms with Crippen molar-refractivity contribution in [2.75, 3.05) is 7.11 Å². The van der Waals surface area contributed by atoms with E-state index in [-0.39, 0.29) is 11.1 Å². The van der Waals surface area contributed by atoms with E-state index >= 15 is 0 Å². The highest BCUT2D eigenvalue weighted by molar-refractivity contribution is 5.98. The monoisotopic (exact) mass is 325 g/mol. The molecule has 23 heavy (non-hydrogen) atoms. The van der Waals surface area contributed by atoms with Crippen molar-refractivity contribution in [1.29, 1.82) is 0 Å². The van der Waals surface area contributed by atoms with Crippen molar-refractivity contribution in [1.82, 2.24) is 0 Å². The highest BCUT2D eigenvalue weighted by Crippen LogP contribution is 2.41. The minimum Gasteiger partial charge on any atom is -0.465 e. The molecule has 0 unspecified atom stereocenters. The molecule has 0 aliphatic rings. The maximum absolute atomic E-state index is 13.1. The zero-order chi connectivity index (χ0) is 17.2. The summed E-state index contributed by atoms with van der Waals surface area (Å²) >= 11 is 0. The standard InChI is InChI=1S/C15H10F3NO4/c1-23-14(20)11-7-4-6-10(13(11)19(21)22)9-5-2-3-8-12(9)15(16,17)18/h2-8H,1H3. The van der Waals surface area contributed by atoms with E-state index in [0.29, 0.717) is 0 Å². The quantitative estimate of drug-likeness (QED) is 0.484. The molecule has 0 fully saturated rings. The van der Waals surface area contributed by atoms with Gasteiger partial charge in [0.1, 0.15) is 5.56 Å². The molecule has 0 radical (unpaired) electrons. The SMILES string of the molecule is COC(=O)c1cccc(-c2ccccc2C(F)(F)F)c1[N+](=O)[O-]. The second-order valence-electron chi connectivity index (χ2n) is 4.49.